The normalized spacial score (nSPS) is 17.1. The number of imidazole rings is 1. The second-order valence-corrected chi connectivity index (χ2v) is 7.51. The molecule has 1 atom stereocenters. The highest BCUT2D eigenvalue weighted by Gasteiger charge is 2.29. The van der Waals surface area contributed by atoms with Crippen molar-refractivity contribution in [1.29, 1.82) is 0 Å². The topological polar surface area (TPSA) is 38.1 Å². The number of rotatable bonds is 5. The Bertz CT molecular complexity index is 906. The summed E-state index contributed by atoms with van der Waals surface area (Å²) in [6.45, 7) is 3.82. The summed E-state index contributed by atoms with van der Waals surface area (Å²) < 4.78 is 2.19. The summed E-state index contributed by atoms with van der Waals surface area (Å²) >= 11 is 1.55. The zero-order chi connectivity index (χ0) is 17.9. The van der Waals surface area contributed by atoms with E-state index < -0.39 is 0 Å². The van der Waals surface area contributed by atoms with E-state index in [9.17, 15) is 4.79 Å². The first-order valence-corrected chi connectivity index (χ1v) is 10.2. The number of hydrogen-bond donors (Lipinski definition) is 0. The number of hydrogen-bond acceptors (Lipinski definition) is 3. The number of para-hydroxylation sites is 2. The smallest absolute Gasteiger partial charge is 0.233 e. The van der Waals surface area contributed by atoms with Gasteiger partial charge in [-0.1, -0.05) is 54.2 Å². The molecule has 1 aromatic heterocycles. The van der Waals surface area contributed by atoms with Gasteiger partial charge in [-0.2, -0.15) is 0 Å². The number of likely N-dealkylation sites (tertiary alicyclic amines) is 1. The molecule has 4 nitrogen and oxygen atoms in total. The van der Waals surface area contributed by atoms with Gasteiger partial charge in [-0.15, -0.1) is 0 Å². The number of amides is 1. The number of benzene rings is 2. The summed E-state index contributed by atoms with van der Waals surface area (Å²) in [7, 11) is 0. The van der Waals surface area contributed by atoms with Crippen molar-refractivity contribution >= 4 is 28.7 Å². The number of carbonyl (C=O) groups is 1. The van der Waals surface area contributed by atoms with Crippen LogP contribution in [0.2, 0.25) is 0 Å². The number of nitrogens with zero attached hydrogens (tertiary/aromatic N) is 3. The molecular weight excluding hydrogens is 342 g/mol. The van der Waals surface area contributed by atoms with E-state index in [4.69, 9.17) is 4.98 Å². The van der Waals surface area contributed by atoms with E-state index in [1.54, 1.807) is 11.8 Å². The molecule has 134 valence electrons. The van der Waals surface area contributed by atoms with Crippen LogP contribution in [0.15, 0.2) is 59.8 Å². The van der Waals surface area contributed by atoms with Crippen LogP contribution >= 0.6 is 11.8 Å². The number of aromatic nitrogens is 2. The number of fused-ring (bicyclic) bond motifs is 1. The van der Waals surface area contributed by atoms with Gasteiger partial charge in [0.2, 0.25) is 5.91 Å². The van der Waals surface area contributed by atoms with E-state index in [1.807, 2.05) is 29.2 Å². The Balaban J connectivity index is 1.49. The van der Waals surface area contributed by atoms with Gasteiger partial charge < -0.3 is 9.47 Å². The summed E-state index contributed by atoms with van der Waals surface area (Å²) in [6, 6.07) is 18.7. The zero-order valence-electron chi connectivity index (χ0n) is 15.0. The van der Waals surface area contributed by atoms with Crippen molar-refractivity contribution in [3.63, 3.8) is 0 Å². The monoisotopic (exact) mass is 365 g/mol. The fraction of sp³-hybridized carbons (Fsp3) is 0.333. The fourth-order valence-electron chi connectivity index (χ4n) is 3.77. The maximum atomic E-state index is 12.9. The Kier molecular flexibility index (Phi) is 4.98. The molecular formula is C21H23N3OS. The molecule has 2 aromatic carbocycles. The van der Waals surface area contributed by atoms with Gasteiger partial charge in [-0.3, -0.25) is 4.79 Å². The van der Waals surface area contributed by atoms with Crippen molar-refractivity contribution in [2.24, 2.45) is 0 Å². The highest BCUT2D eigenvalue weighted by atomic mass is 32.2. The Hall–Kier alpha value is -2.27. The molecule has 0 saturated carbocycles. The van der Waals surface area contributed by atoms with Crippen molar-refractivity contribution < 1.29 is 4.79 Å². The van der Waals surface area contributed by atoms with Gasteiger partial charge in [0.1, 0.15) is 0 Å². The van der Waals surface area contributed by atoms with Crippen LogP contribution in [-0.2, 0) is 11.3 Å². The molecule has 0 aliphatic carbocycles. The molecule has 1 unspecified atom stereocenters. The number of thioether (sulfide) groups is 1. The molecule has 1 saturated heterocycles. The summed E-state index contributed by atoms with van der Waals surface area (Å²) in [5.41, 5.74) is 3.37. The Morgan fingerprint density at radius 1 is 1.15 bits per heavy atom. The summed E-state index contributed by atoms with van der Waals surface area (Å²) in [4.78, 5) is 19.6. The maximum absolute atomic E-state index is 12.9. The van der Waals surface area contributed by atoms with Crippen LogP contribution in [0.5, 0.6) is 0 Å². The zero-order valence-corrected chi connectivity index (χ0v) is 15.8. The van der Waals surface area contributed by atoms with Crippen LogP contribution in [0, 0.1) is 0 Å². The fourth-order valence-corrected chi connectivity index (χ4v) is 4.73. The summed E-state index contributed by atoms with van der Waals surface area (Å²) in [6.07, 6.45) is 2.12. The van der Waals surface area contributed by atoms with E-state index >= 15 is 0 Å². The Morgan fingerprint density at radius 2 is 1.92 bits per heavy atom. The molecule has 1 aliphatic rings. The first kappa shape index (κ1) is 17.2. The van der Waals surface area contributed by atoms with Crippen LogP contribution in [0.1, 0.15) is 31.4 Å². The van der Waals surface area contributed by atoms with Gasteiger partial charge in [-0.25, -0.2) is 4.98 Å². The largest absolute Gasteiger partial charge is 0.335 e. The van der Waals surface area contributed by atoms with E-state index in [0.29, 0.717) is 5.75 Å². The third-order valence-corrected chi connectivity index (χ3v) is 5.98. The van der Waals surface area contributed by atoms with Crippen molar-refractivity contribution in [3.8, 4) is 0 Å². The second-order valence-electron chi connectivity index (χ2n) is 6.57. The van der Waals surface area contributed by atoms with E-state index in [-0.39, 0.29) is 11.9 Å². The third-order valence-electron chi connectivity index (χ3n) is 5.02. The standard InChI is InChI=1S/C21H23N3OS/c1-2-23-19-12-7-6-11-17(19)22-21(23)26-15-20(25)24-14-8-13-18(24)16-9-4-3-5-10-16/h3-7,9-12,18H,2,8,13-15H2,1H3. The SMILES string of the molecule is CCn1c(SCC(=O)N2CCCC2c2ccccc2)nc2ccccc21. The number of carbonyl (C=O) groups excluding carboxylic acids is 1. The van der Waals surface area contributed by atoms with Crippen molar-refractivity contribution in [3.05, 3.63) is 60.2 Å². The third kappa shape index (κ3) is 3.23. The van der Waals surface area contributed by atoms with Gasteiger partial charge in [0.15, 0.2) is 5.16 Å². The minimum Gasteiger partial charge on any atom is -0.335 e. The summed E-state index contributed by atoms with van der Waals surface area (Å²) in [5.74, 6) is 0.642. The second kappa shape index (κ2) is 7.54. The molecule has 0 N–H and O–H groups in total. The van der Waals surface area contributed by atoms with Crippen molar-refractivity contribution in [1.82, 2.24) is 14.5 Å². The van der Waals surface area contributed by atoms with Crippen LogP contribution in [0.25, 0.3) is 11.0 Å². The molecule has 0 radical (unpaired) electrons. The van der Waals surface area contributed by atoms with E-state index in [2.05, 4.69) is 41.8 Å². The lowest BCUT2D eigenvalue weighted by Crippen LogP contribution is -2.32. The quantitative estimate of drug-likeness (QED) is 0.624. The predicted octanol–water partition coefficient (Wildman–Crippen LogP) is 4.51. The van der Waals surface area contributed by atoms with Gasteiger partial charge in [0.05, 0.1) is 22.8 Å². The minimum atomic E-state index is 0.205. The highest BCUT2D eigenvalue weighted by Crippen LogP contribution is 2.33. The van der Waals surface area contributed by atoms with Crippen LogP contribution < -0.4 is 0 Å². The van der Waals surface area contributed by atoms with Crippen LogP contribution in [0.4, 0.5) is 0 Å². The average Bonchev–Trinajstić information content (AvgIpc) is 3.31. The average molecular weight is 366 g/mol. The molecule has 3 aromatic rings. The lowest BCUT2D eigenvalue weighted by Gasteiger charge is -2.25. The lowest BCUT2D eigenvalue weighted by atomic mass is 10.0. The highest BCUT2D eigenvalue weighted by molar-refractivity contribution is 7.99. The lowest BCUT2D eigenvalue weighted by molar-refractivity contribution is -0.129. The number of aryl methyl sites for hydroxylation is 1. The maximum Gasteiger partial charge on any atom is 0.233 e. The van der Waals surface area contributed by atoms with Gasteiger partial charge >= 0.3 is 0 Å². The first-order valence-electron chi connectivity index (χ1n) is 9.20. The Labute approximate surface area is 158 Å². The van der Waals surface area contributed by atoms with Gasteiger partial charge in [-0.05, 0) is 37.5 Å². The van der Waals surface area contributed by atoms with Crippen molar-refractivity contribution in [2.75, 3.05) is 12.3 Å². The minimum absolute atomic E-state index is 0.205. The molecule has 4 rings (SSSR count). The van der Waals surface area contributed by atoms with E-state index in [1.165, 1.54) is 5.56 Å². The molecule has 0 spiro atoms. The van der Waals surface area contributed by atoms with Crippen LogP contribution in [-0.4, -0.2) is 32.7 Å². The molecule has 2 heterocycles. The predicted molar refractivity (Wildman–Crippen MR) is 106 cm³/mol. The molecule has 26 heavy (non-hydrogen) atoms. The molecule has 1 fully saturated rings. The van der Waals surface area contributed by atoms with E-state index in [0.717, 1.165) is 42.1 Å². The summed E-state index contributed by atoms with van der Waals surface area (Å²) in [5, 5.41) is 0.928. The van der Waals surface area contributed by atoms with Crippen LogP contribution in [0.3, 0.4) is 0 Å². The first-order chi connectivity index (χ1) is 12.8. The molecule has 1 amide bonds. The molecule has 5 heteroatoms. The van der Waals surface area contributed by atoms with Gasteiger partial charge in [0, 0.05) is 13.1 Å². The van der Waals surface area contributed by atoms with Gasteiger partial charge in [0.25, 0.3) is 0 Å². The Morgan fingerprint density at radius 3 is 2.73 bits per heavy atom. The molecule has 0 bridgehead atoms. The van der Waals surface area contributed by atoms with Crippen molar-refractivity contribution in [2.45, 2.75) is 37.5 Å². The molecule has 1 aliphatic heterocycles.